The van der Waals surface area contributed by atoms with E-state index in [2.05, 4.69) is 10.2 Å². The number of hydrogen-bond donors (Lipinski definition) is 2. The predicted octanol–water partition coefficient (Wildman–Crippen LogP) is 1.37. The number of nitrogens with zero attached hydrogens (tertiary/aromatic N) is 1. The van der Waals surface area contributed by atoms with Gasteiger partial charge >= 0.3 is 0 Å². The van der Waals surface area contributed by atoms with E-state index >= 15 is 0 Å². The normalized spacial score (nSPS) is 22.1. The van der Waals surface area contributed by atoms with Crippen molar-refractivity contribution in [1.82, 2.24) is 10.2 Å². The molecule has 0 unspecified atom stereocenters. The molecule has 2 aliphatic carbocycles. The summed E-state index contributed by atoms with van der Waals surface area (Å²) in [6, 6.07) is 1.59. The first-order valence-corrected chi connectivity index (χ1v) is 6.98. The van der Waals surface area contributed by atoms with Gasteiger partial charge in [0.1, 0.15) is 0 Å². The summed E-state index contributed by atoms with van der Waals surface area (Å²) < 4.78 is 0. The second-order valence-electron chi connectivity index (χ2n) is 5.28. The van der Waals surface area contributed by atoms with Crippen molar-refractivity contribution in [2.45, 2.75) is 57.0 Å². The largest absolute Gasteiger partial charge is 0.395 e. The third-order valence-electron chi connectivity index (χ3n) is 3.86. The van der Waals surface area contributed by atoms with Gasteiger partial charge in [-0.1, -0.05) is 12.8 Å². The minimum Gasteiger partial charge on any atom is -0.395 e. The van der Waals surface area contributed by atoms with Crippen molar-refractivity contribution < 1.29 is 5.11 Å². The maximum Gasteiger partial charge on any atom is 0.0558 e. The zero-order valence-electron chi connectivity index (χ0n) is 10.3. The van der Waals surface area contributed by atoms with Crippen LogP contribution in [0.1, 0.15) is 44.9 Å². The molecule has 2 saturated carbocycles. The third kappa shape index (κ3) is 4.04. The molecule has 2 aliphatic rings. The fraction of sp³-hybridized carbons (Fsp3) is 1.00. The Morgan fingerprint density at radius 1 is 1.06 bits per heavy atom. The number of aliphatic hydroxyl groups excluding tert-OH is 1. The molecule has 3 heteroatoms. The SMILES string of the molecule is OCCN(CCCNC1CC1)C1CCCC1. The molecule has 0 saturated heterocycles. The monoisotopic (exact) mass is 226 g/mol. The molecule has 0 bridgehead atoms. The van der Waals surface area contributed by atoms with Crippen LogP contribution in [0.4, 0.5) is 0 Å². The number of nitrogens with one attached hydrogen (secondary N) is 1. The molecule has 0 aromatic rings. The molecule has 0 aromatic heterocycles. The van der Waals surface area contributed by atoms with Gasteiger partial charge in [0.25, 0.3) is 0 Å². The molecule has 2 fully saturated rings. The van der Waals surface area contributed by atoms with Gasteiger partial charge in [-0.25, -0.2) is 0 Å². The standard InChI is InChI=1S/C13H26N2O/c16-11-10-15(13-4-1-2-5-13)9-3-8-14-12-6-7-12/h12-14,16H,1-11H2. The highest BCUT2D eigenvalue weighted by Gasteiger charge is 2.22. The highest BCUT2D eigenvalue weighted by molar-refractivity contribution is 4.81. The van der Waals surface area contributed by atoms with E-state index < -0.39 is 0 Å². The van der Waals surface area contributed by atoms with Crippen molar-refractivity contribution in [2.75, 3.05) is 26.2 Å². The van der Waals surface area contributed by atoms with Gasteiger partial charge in [0.05, 0.1) is 6.61 Å². The lowest BCUT2D eigenvalue weighted by Gasteiger charge is -2.28. The molecule has 0 atom stereocenters. The van der Waals surface area contributed by atoms with E-state index in [0.717, 1.165) is 31.7 Å². The molecule has 0 aliphatic heterocycles. The summed E-state index contributed by atoms with van der Waals surface area (Å²) in [6.45, 7) is 3.49. The Labute approximate surface area is 99.2 Å². The minimum atomic E-state index is 0.312. The summed E-state index contributed by atoms with van der Waals surface area (Å²) in [7, 11) is 0. The molecule has 0 amide bonds. The number of aliphatic hydroxyl groups is 1. The van der Waals surface area contributed by atoms with E-state index in [0.29, 0.717) is 6.61 Å². The van der Waals surface area contributed by atoms with Crippen molar-refractivity contribution in [3.8, 4) is 0 Å². The van der Waals surface area contributed by atoms with Crippen LogP contribution in [-0.2, 0) is 0 Å². The van der Waals surface area contributed by atoms with Crippen LogP contribution in [0.3, 0.4) is 0 Å². The molecular formula is C13H26N2O. The zero-order chi connectivity index (χ0) is 11.2. The molecule has 2 rings (SSSR count). The van der Waals surface area contributed by atoms with Crippen LogP contribution in [0.2, 0.25) is 0 Å². The molecule has 0 spiro atoms. The quantitative estimate of drug-likeness (QED) is 0.614. The van der Waals surface area contributed by atoms with Crippen LogP contribution in [0, 0.1) is 0 Å². The van der Waals surface area contributed by atoms with E-state index in [1.54, 1.807) is 0 Å². The van der Waals surface area contributed by atoms with E-state index in [4.69, 9.17) is 5.11 Å². The van der Waals surface area contributed by atoms with Crippen molar-refractivity contribution >= 4 is 0 Å². The topological polar surface area (TPSA) is 35.5 Å². The van der Waals surface area contributed by atoms with Gasteiger partial charge in [-0.2, -0.15) is 0 Å². The Bertz CT molecular complexity index is 188. The summed E-state index contributed by atoms with van der Waals surface area (Å²) >= 11 is 0. The van der Waals surface area contributed by atoms with Gasteiger partial charge in [-0.05, 0) is 45.2 Å². The van der Waals surface area contributed by atoms with Crippen LogP contribution in [0.15, 0.2) is 0 Å². The number of rotatable bonds is 8. The van der Waals surface area contributed by atoms with Gasteiger partial charge in [-0.15, -0.1) is 0 Å². The van der Waals surface area contributed by atoms with Crippen molar-refractivity contribution in [2.24, 2.45) is 0 Å². The summed E-state index contributed by atoms with van der Waals surface area (Å²) in [5, 5.41) is 12.6. The summed E-state index contributed by atoms with van der Waals surface area (Å²) in [6.07, 6.45) is 9.44. The van der Waals surface area contributed by atoms with Crippen LogP contribution in [-0.4, -0.2) is 48.3 Å². The molecular weight excluding hydrogens is 200 g/mol. The first kappa shape index (κ1) is 12.3. The molecule has 16 heavy (non-hydrogen) atoms. The van der Waals surface area contributed by atoms with Gasteiger partial charge in [-0.3, -0.25) is 4.90 Å². The summed E-state index contributed by atoms with van der Waals surface area (Å²) in [5.41, 5.74) is 0. The molecule has 0 radical (unpaired) electrons. The highest BCUT2D eigenvalue weighted by atomic mass is 16.3. The summed E-state index contributed by atoms with van der Waals surface area (Å²) in [4.78, 5) is 2.50. The Kier molecular flexibility index (Phi) is 5.07. The Balaban J connectivity index is 1.60. The molecule has 0 heterocycles. The highest BCUT2D eigenvalue weighted by Crippen LogP contribution is 2.23. The van der Waals surface area contributed by atoms with Gasteiger partial charge in [0, 0.05) is 18.6 Å². The molecule has 2 N–H and O–H groups in total. The molecule has 94 valence electrons. The second kappa shape index (κ2) is 6.58. The van der Waals surface area contributed by atoms with E-state index in [1.807, 2.05) is 0 Å². The van der Waals surface area contributed by atoms with E-state index in [1.165, 1.54) is 44.9 Å². The first-order chi connectivity index (χ1) is 7.90. The van der Waals surface area contributed by atoms with Crippen molar-refractivity contribution in [1.29, 1.82) is 0 Å². The Hall–Kier alpha value is -0.120. The van der Waals surface area contributed by atoms with Crippen molar-refractivity contribution in [3.63, 3.8) is 0 Å². The second-order valence-corrected chi connectivity index (χ2v) is 5.28. The predicted molar refractivity (Wildman–Crippen MR) is 66.6 cm³/mol. The zero-order valence-corrected chi connectivity index (χ0v) is 10.3. The average Bonchev–Trinajstić information content (AvgIpc) is 2.95. The fourth-order valence-corrected chi connectivity index (χ4v) is 2.75. The maximum atomic E-state index is 9.09. The Morgan fingerprint density at radius 2 is 1.81 bits per heavy atom. The van der Waals surface area contributed by atoms with Gasteiger partial charge in [0.15, 0.2) is 0 Å². The minimum absolute atomic E-state index is 0.312. The Morgan fingerprint density at radius 3 is 2.44 bits per heavy atom. The lowest BCUT2D eigenvalue weighted by atomic mass is 10.2. The lowest BCUT2D eigenvalue weighted by molar-refractivity contribution is 0.150. The first-order valence-electron chi connectivity index (χ1n) is 6.98. The number of hydrogen-bond acceptors (Lipinski definition) is 3. The van der Waals surface area contributed by atoms with Crippen LogP contribution >= 0.6 is 0 Å². The smallest absolute Gasteiger partial charge is 0.0558 e. The summed E-state index contributed by atoms with van der Waals surface area (Å²) in [5.74, 6) is 0. The van der Waals surface area contributed by atoms with E-state index in [9.17, 15) is 0 Å². The van der Waals surface area contributed by atoms with Crippen molar-refractivity contribution in [3.05, 3.63) is 0 Å². The lowest BCUT2D eigenvalue weighted by Crippen LogP contribution is -2.37. The van der Waals surface area contributed by atoms with E-state index in [-0.39, 0.29) is 0 Å². The van der Waals surface area contributed by atoms with Gasteiger partial charge < -0.3 is 10.4 Å². The third-order valence-corrected chi connectivity index (χ3v) is 3.86. The van der Waals surface area contributed by atoms with Crippen LogP contribution in [0.25, 0.3) is 0 Å². The molecule has 0 aromatic carbocycles. The maximum absolute atomic E-state index is 9.09. The molecule has 3 nitrogen and oxygen atoms in total. The average molecular weight is 226 g/mol. The van der Waals surface area contributed by atoms with Crippen LogP contribution in [0.5, 0.6) is 0 Å². The fourth-order valence-electron chi connectivity index (χ4n) is 2.75. The van der Waals surface area contributed by atoms with Gasteiger partial charge in [0.2, 0.25) is 0 Å². The van der Waals surface area contributed by atoms with Crippen LogP contribution < -0.4 is 5.32 Å².